The predicted molar refractivity (Wildman–Crippen MR) is 108 cm³/mol. The lowest BCUT2D eigenvalue weighted by Crippen LogP contribution is -2.33. The van der Waals surface area contributed by atoms with Crippen molar-refractivity contribution in [1.82, 2.24) is 0 Å². The van der Waals surface area contributed by atoms with Crippen LogP contribution in [0.2, 0.25) is 0 Å². The highest BCUT2D eigenvalue weighted by atomic mass is 31.1. The fourth-order valence-electron chi connectivity index (χ4n) is 4.31. The topological polar surface area (TPSA) is 0 Å². The summed E-state index contributed by atoms with van der Waals surface area (Å²) < 4.78 is 0. The maximum atomic E-state index is 2.46. The molecule has 3 rings (SSSR count). The molecule has 0 aliphatic heterocycles. The molecule has 0 bridgehead atoms. The molecule has 1 fully saturated rings. The molecule has 0 amide bonds. The molecule has 2 aromatic carbocycles. The van der Waals surface area contributed by atoms with Crippen LogP contribution in [0.3, 0.4) is 0 Å². The van der Waals surface area contributed by atoms with Crippen molar-refractivity contribution >= 4 is 13.2 Å². The molecule has 0 heterocycles. The van der Waals surface area contributed by atoms with Crippen molar-refractivity contribution in [1.29, 1.82) is 0 Å². The highest BCUT2D eigenvalue weighted by molar-refractivity contribution is 7.65. The van der Waals surface area contributed by atoms with Gasteiger partial charge in [0.1, 0.15) is 0 Å². The summed E-state index contributed by atoms with van der Waals surface area (Å²) in [5.41, 5.74) is 2.37. The van der Waals surface area contributed by atoms with E-state index in [4.69, 9.17) is 0 Å². The molecule has 1 aliphatic carbocycles. The van der Waals surface area contributed by atoms with Gasteiger partial charge in [-0.1, -0.05) is 95.8 Å². The van der Waals surface area contributed by atoms with E-state index in [9.17, 15) is 0 Å². The van der Waals surface area contributed by atoms with Gasteiger partial charge in [0.25, 0.3) is 0 Å². The summed E-state index contributed by atoms with van der Waals surface area (Å²) in [6.45, 7) is 7.34. The summed E-state index contributed by atoms with van der Waals surface area (Å²) in [6, 6.07) is 22.5. The van der Waals surface area contributed by atoms with Crippen molar-refractivity contribution in [2.45, 2.75) is 51.9 Å². The first-order valence-corrected chi connectivity index (χ1v) is 11.1. The maximum Gasteiger partial charge on any atom is -0.00302 e. The molecule has 1 saturated carbocycles. The Morgan fingerprint density at radius 2 is 1.54 bits per heavy atom. The molecule has 0 saturated heterocycles. The lowest BCUT2D eigenvalue weighted by Gasteiger charge is -2.42. The minimum Gasteiger partial charge on any atom is -0.0674 e. The second-order valence-corrected chi connectivity index (χ2v) is 10.3. The minimum absolute atomic E-state index is 0.149. The molecule has 0 radical (unpaired) electrons. The highest BCUT2D eigenvalue weighted by Crippen LogP contribution is 2.54. The van der Waals surface area contributed by atoms with Gasteiger partial charge in [0.05, 0.1) is 0 Å². The van der Waals surface area contributed by atoms with Gasteiger partial charge in [-0.15, -0.1) is 0 Å². The van der Waals surface area contributed by atoms with Crippen LogP contribution in [0.4, 0.5) is 0 Å². The molecule has 0 aromatic heterocycles. The largest absolute Gasteiger partial charge is 0.0674 e. The van der Waals surface area contributed by atoms with Gasteiger partial charge in [0.2, 0.25) is 0 Å². The molecular formula is C23H31P. The first kappa shape index (κ1) is 17.7. The maximum absolute atomic E-state index is 2.46. The zero-order valence-corrected chi connectivity index (χ0v) is 16.3. The molecule has 0 nitrogen and oxygen atoms in total. The van der Waals surface area contributed by atoms with E-state index in [1.807, 2.05) is 0 Å². The Balaban J connectivity index is 1.93. The number of rotatable bonds is 5. The van der Waals surface area contributed by atoms with Gasteiger partial charge in [-0.25, -0.2) is 0 Å². The Kier molecular flexibility index (Phi) is 6.12. The van der Waals surface area contributed by atoms with E-state index in [-0.39, 0.29) is 7.92 Å². The van der Waals surface area contributed by atoms with Crippen LogP contribution >= 0.6 is 7.92 Å². The van der Waals surface area contributed by atoms with Crippen LogP contribution in [0.5, 0.6) is 0 Å². The van der Waals surface area contributed by atoms with Crippen LogP contribution in [0.25, 0.3) is 0 Å². The third kappa shape index (κ3) is 4.28. The first-order valence-electron chi connectivity index (χ1n) is 9.50. The molecule has 2 aromatic rings. The van der Waals surface area contributed by atoms with Crippen molar-refractivity contribution in [2.75, 3.05) is 0 Å². The van der Waals surface area contributed by atoms with E-state index in [0.29, 0.717) is 0 Å². The van der Waals surface area contributed by atoms with Crippen molar-refractivity contribution in [3.63, 3.8) is 0 Å². The number of hydrogen-bond donors (Lipinski definition) is 0. The Morgan fingerprint density at radius 1 is 0.917 bits per heavy atom. The van der Waals surface area contributed by atoms with E-state index < -0.39 is 0 Å². The fourth-order valence-corrected chi connectivity index (χ4v) is 7.84. The van der Waals surface area contributed by atoms with E-state index >= 15 is 0 Å². The van der Waals surface area contributed by atoms with Crippen LogP contribution in [0, 0.1) is 17.8 Å². The molecule has 0 spiro atoms. The Labute approximate surface area is 149 Å². The lowest BCUT2D eigenvalue weighted by molar-refractivity contribution is 0.241. The summed E-state index contributed by atoms with van der Waals surface area (Å²) in [7, 11) is -0.149. The molecule has 4 atom stereocenters. The molecular weight excluding hydrogens is 307 g/mol. The summed E-state index contributed by atoms with van der Waals surface area (Å²) in [6.07, 6.45) is 5.49. The monoisotopic (exact) mass is 338 g/mol. The second-order valence-electron chi connectivity index (χ2n) is 7.84. The van der Waals surface area contributed by atoms with Crippen LogP contribution < -0.4 is 5.30 Å². The van der Waals surface area contributed by atoms with Crippen LogP contribution in [0.15, 0.2) is 60.7 Å². The summed E-state index contributed by atoms with van der Waals surface area (Å²) in [4.78, 5) is 0. The van der Waals surface area contributed by atoms with Gasteiger partial charge >= 0.3 is 0 Å². The quantitative estimate of drug-likeness (QED) is 0.549. The number of hydrogen-bond acceptors (Lipinski definition) is 0. The molecule has 0 N–H and O–H groups in total. The second kappa shape index (κ2) is 8.30. The van der Waals surface area contributed by atoms with Gasteiger partial charge in [0.15, 0.2) is 0 Å². The van der Waals surface area contributed by atoms with Crippen LogP contribution in [-0.4, -0.2) is 5.66 Å². The number of benzene rings is 2. The van der Waals surface area contributed by atoms with Crippen molar-refractivity contribution < 1.29 is 0 Å². The Hall–Kier alpha value is -1.13. The first-order chi connectivity index (χ1) is 11.6. The van der Waals surface area contributed by atoms with Crippen LogP contribution in [-0.2, 0) is 6.16 Å². The molecule has 24 heavy (non-hydrogen) atoms. The van der Waals surface area contributed by atoms with E-state index in [1.165, 1.54) is 31.0 Å². The fraction of sp³-hybridized carbons (Fsp3) is 0.478. The summed E-state index contributed by atoms with van der Waals surface area (Å²) in [5, 5.41) is 1.60. The van der Waals surface area contributed by atoms with Gasteiger partial charge in [0, 0.05) is 0 Å². The van der Waals surface area contributed by atoms with Gasteiger partial charge < -0.3 is 0 Å². The third-order valence-electron chi connectivity index (χ3n) is 5.67. The smallest absolute Gasteiger partial charge is 0.00302 e. The summed E-state index contributed by atoms with van der Waals surface area (Å²) >= 11 is 0. The van der Waals surface area contributed by atoms with Gasteiger partial charge in [-0.05, 0) is 53.3 Å². The van der Waals surface area contributed by atoms with Gasteiger partial charge in [-0.3, -0.25) is 0 Å². The molecule has 128 valence electrons. The zero-order chi connectivity index (χ0) is 16.9. The third-order valence-corrected chi connectivity index (χ3v) is 8.73. The van der Waals surface area contributed by atoms with E-state index in [0.717, 1.165) is 23.4 Å². The molecule has 1 aliphatic rings. The Bertz CT molecular complexity index is 604. The summed E-state index contributed by atoms with van der Waals surface area (Å²) in [5.74, 6) is 2.57. The Morgan fingerprint density at radius 3 is 2.17 bits per heavy atom. The van der Waals surface area contributed by atoms with Gasteiger partial charge in [-0.2, -0.15) is 0 Å². The SMILES string of the molecule is CC1CCC(C(C)C)C(P(Cc2ccccc2)c2ccccc2)C1. The van der Waals surface area contributed by atoms with Crippen molar-refractivity contribution in [3.05, 3.63) is 66.2 Å². The minimum atomic E-state index is -0.149. The van der Waals surface area contributed by atoms with Crippen LogP contribution in [0.1, 0.15) is 45.6 Å². The lowest BCUT2D eigenvalue weighted by atomic mass is 9.77. The molecule has 4 unspecified atom stereocenters. The average Bonchev–Trinajstić information content (AvgIpc) is 2.61. The average molecular weight is 338 g/mol. The van der Waals surface area contributed by atoms with E-state index in [2.05, 4.69) is 81.4 Å². The van der Waals surface area contributed by atoms with E-state index in [1.54, 1.807) is 5.30 Å². The van der Waals surface area contributed by atoms with Crippen molar-refractivity contribution in [3.8, 4) is 0 Å². The highest BCUT2D eigenvalue weighted by Gasteiger charge is 2.36. The normalized spacial score (nSPS) is 25.6. The van der Waals surface area contributed by atoms with Crippen molar-refractivity contribution in [2.24, 2.45) is 17.8 Å². The predicted octanol–water partition coefficient (Wildman–Crippen LogP) is 6.45. The standard InChI is InChI=1S/C23H31P/c1-18(2)22-15-14-19(3)16-23(22)24(21-12-8-5-9-13-21)17-20-10-6-4-7-11-20/h4-13,18-19,22-23H,14-17H2,1-3H3. The molecule has 1 heteroatoms. The zero-order valence-electron chi connectivity index (χ0n) is 15.4.